The third kappa shape index (κ3) is 2.61. The van der Waals surface area contributed by atoms with Crippen LogP contribution in [-0.2, 0) is 9.47 Å². The van der Waals surface area contributed by atoms with Crippen LogP contribution in [0.2, 0.25) is 0 Å². The molecule has 5 heteroatoms. The molecule has 1 saturated heterocycles. The number of benzene rings is 1. The number of anilines is 1. The van der Waals surface area contributed by atoms with Gasteiger partial charge in [-0.25, -0.2) is 9.18 Å². The summed E-state index contributed by atoms with van der Waals surface area (Å²) >= 11 is 0. The van der Waals surface area contributed by atoms with E-state index in [1.165, 1.54) is 19.2 Å². The van der Waals surface area contributed by atoms with E-state index in [0.29, 0.717) is 18.9 Å². The van der Waals surface area contributed by atoms with E-state index in [1.54, 1.807) is 6.07 Å². The molecule has 0 unspecified atom stereocenters. The second kappa shape index (κ2) is 4.94. The summed E-state index contributed by atoms with van der Waals surface area (Å²) in [5.41, 5.74) is 0.752. The van der Waals surface area contributed by atoms with Gasteiger partial charge in [-0.2, -0.15) is 0 Å². The van der Waals surface area contributed by atoms with Crippen molar-refractivity contribution in [2.45, 2.75) is 6.92 Å². The third-order valence-corrected chi connectivity index (χ3v) is 2.99. The van der Waals surface area contributed by atoms with Gasteiger partial charge in [-0.15, -0.1) is 0 Å². The molecule has 1 aliphatic rings. The number of ether oxygens (including phenoxy) is 2. The number of esters is 1. The zero-order chi connectivity index (χ0) is 13.2. The highest BCUT2D eigenvalue weighted by atomic mass is 19.1. The van der Waals surface area contributed by atoms with Crippen LogP contribution in [0.25, 0.3) is 0 Å². The molecule has 1 fully saturated rings. The van der Waals surface area contributed by atoms with Crippen molar-refractivity contribution < 1.29 is 18.7 Å². The molecule has 0 amide bonds. The van der Waals surface area contributed by atoms with E-state index in [-0.39, 0.29) is 11.0 Å². The lowest BCUT2D eigenvalue weighted by molar-refractivity contribution is -0.0924. The molecule has 0 aromatic heterocycles. The lowest BCUT2D eigenvalue weighted by Crippen LogP contribution is -2.45. The zero-order valence-electron chi connectivity index (χ0n) is 10.5. The molecule has 1 aromatic carbocycles. The Balaban J connectivity index is 2.07. The molecule has 0 bridgehead atoms. The van der Waals surface area contributed by atoms with Crippen molar-refractivity contribution in [1.82, 2.24) is 0 Å². The maximum absolute atomic E-state index is 13.4. The van der Waals surface area contributed by atoms with Gasteiger partial charge in [0.2, 0.25) is 0 Å². The molecule has 0 radical (unpaired) electrons. The average Bonchev–Trinajstić information content (AvgIpc) is 2.34. The minimum atomic E-state index is -0.672. The molecule has 1 aromatic rings. The van der Waals surface area contributed by atoms with Gasteiger partial charge in [0, 0.05) is 17.6 Å². The number of rotatable bonds is 4. The fraction of sp³-hybridized carbons (Fsp3) is 0.462. The molecular formula is C13H16FNO3. The highest BCUT2D eigenvalue weighted by molar-refractivity contribution is 5.90. The smallest absolute Gasteiger partial charge is 0.340 e. The first-order valence-electron chi connectivity index (χ1n) is 5.74. The van der Waals surface area contributed by atoms with Crippen LogP contribution in [0, 0.1) is 11.2 Å². The van der Waals surface area contributed by atoms with Gasteiger partial charge in [-0.3, -0.25) is 0 Å². The summed E-state index contributed by atoms with van der Waals surface area (Å²) in [7, 11) is 1.23. The van der Waals surface area contributed by atoms with Gasteiger partial charge in [-0.05, 0) is 18.2 Å². The predicted octanol–water partition coefficient (Wildman–Crippen LogP) is 2.06. The number of halogens is 1. The third-order valence-electron chi connectivity index (χ3n) is 2.99. The van der Waals surface area contributed by atoms with E-state index in [9.17, 15) is 9.18 Å². The van der Waals surface area contributed by atoms with Crippen LogP contribution in [0.15, 0.2) is 18.2 Å². The van der Waals surface area contributed by atoms with Crippen LogP contribution >= 0.6 is 0 Å². The van der Waals surface area contributed by atoms with Gasteiger partial charge in [0.25, 0.3) is 0 Å². The molecule has 0 atom stereocenters. The van der Waals surface area contributed by atoms with E-state index in [1.807, 2.05) is 0 Å². The second-order valence-electron chi connectivity index (χ2n) is 4.84. The van der Waals surface area contributed by atoms with Gasteiger partial charge < -0.3 is 14.8 Å². The van der Waals surface area contributed by atoms with Gasteiger partial charge in [0.1, 0.15) is 5.82 Å². The van der Waals surface area contributed by atoms with Crippen LogP contribution in [0.5, 0.6) is 0 Å². The molecule has 0 spiro atoms. The Kier molecular flexibility index (Phi) is 3.52. The molecule has 1 heterocycles. The molecule has 18 heavy (non-hydrogen) atoms. The topological polar surface area (TPSA) is 47.6 Å². The van der Waals surface area contributed by atoms with Crippen LogP contribution in [0.3, 0.4) is 0 Å². The summed E-state index contributed by atoms with van der Waals surface area (Å²) in [5, 5.41) is 3.18. The lowest BCUT2D eigenvalue weighted by Gasteiger charge is -2.38. The Morgan fingerprint density at radius 1 is 1.56 bits per heavy atom. The number of methoxy groups -OCH3 is 1. The van der Waals surface area contributed by atoms with Gasteiger partial charge >= 0.3 is 5.97 Å². The zero-order valence-corrected chi connectivity index (χ0v) is 10.5. The molecule has 0 aliphatic carbocycles. The largest absolute Gasteiger partial charge is 0.465 e. The van der Waals surface area contributed by atoms with Crippen molar-refractivity contribution in [3.63, 3.8) is 0 Å². The van der Waals surface area contributed by atoms with Crippen molar-refractivity contribution in [3.05, 3.63) is 29.6 Å². The van der Waals surface area contributed by atoms with Crippen LogP contribution < -0.4 is 5.32 Å². The second-order valence-corrected chi connectivity index (χ2v) is 4.84. The molecule has 0 saturated carbocycles. The summed E-state index contributed by atoms with van der Waals surface area (Å²) in [6.45, 7) is 4.25. The monoisotopic (exact) mass is 253 g/mol. The van der Waals surface area contributed by atoms with Gasteiger partial charge in [0.05, 0.1) is 25.9 Å². The molecule has 4 nitrogen and oxygen atoms in total. The lowest BCUT2D eigenvalue weighted by atomic mass is 9.88. The van der Waals surface area contributed by atoms with Crippen LogP contribution in [0.1, 0.15) is 17.3 Å². The molecule has 1 N–H and O–H groups in total. The summed E-state index contributed by atoms with van der Waals surface area (Å²) in [6, 6.07) is 4.32. The van der Waals surface area contributed by atoms with E-state index >= 15 is 0 Å². The van der Waals surface area contributed by atoms with Crippen LogP contribution in [-0.4, -0.2) is 32.8 Å². The van der Waals surface area contributed by atoms with Crippen molar-refractivity contribution in [1.29, 1.82) is 0 Å². The highest BCUT2D eigenvalue weighted by Gasteiger charge is 2.32. The first-order chi connectivity index (χ1) is 8.54. The maximum Gasteiger partial charge on any atom is 0.340 e. The molecular weight excluding hydrogens is 237 g/mol. The van der Waals surface area contributed by atoms with Crippen molar-refractivity contribution >= 4 is 11.7 Å². The normalized spacial score (nSPS) is 16.8. The highest BCUT2D eigenvalue weighted by Crippen LogP contribution is 2.27. The van der Waals surface area contributed by atoms with Crippen molar-refractivity contribution in [2.75, 3.05) is 32.2 Å². The predicted molar refractivity (Wildman–Crippen MR) is 65.2 cm³/mol. The number of carbonyl (C=O) groups excluding carboxylic acids is 1. The fourth-order valence-electron chi connectivity index (χ4n) is 1.77. The molecule has 1 aliphatic heterocycles. The van der Waals surface area contributed by atoms with Crippen molar-refractivity contribution in [3.8, 4) is 0 Å². The number of nitrogens with one attached hydrogen (secondary N) is 1. The maximum atomic E-state index is 13.4. The van der Waals surface area contributed by atoms with E-state index < -0.39 is 11.8 Å². The number of hydrogen-bond donors (Lipinski definition) is 1. The summed E-state index contributed by atoms with van der Waals surface area (Å²) in [5.74, 6) is -1.25. The number of hydrogen-bond acceptors (Lipinski definition) is 4. The Morgan fingerprint density at radius 3 is 2.83 bits per heavy atom. The SMILES string of the molecule is COC(=O)c1cc(NCC2(C)COC2)ccc1F. The Labute approximate surface area is 105 Å². The Morgan fingerprint density at radius 2 is 2.28 bits per heavy atom. The van der Waals surface area contributed by atoms with E-state index in [4.69, 9.17) is 4.74 Å². The summed E-state index contributed by atoms with van der Waals surface area (Å²) in [4.78, 5) is 11.3. The average molecular weight is 253 g/mol. The summed E-state index contributed by atoms with van der Waals surface area (Å²) < 4.78 is 23.1. The van der Waals surface area contributed by atoms with Gasteiger partial charge in [-0.1, -0.05) is 6.92 Å². The molecule has 2 rings (SSSR count). The Bertz CT molecular complexity index is 458. The standard InChI is InChI=1S/C13H16FNO3/c1-13(7-18-8-13)6-15-9-3-4-11(14)10(5-9)12(16)17-2/h3-5,15H,6-8H2,1-2H3. The van der Waals surface area contributed by atoms with Crippen LogP contribution in [0.4, 0.5) is 10.1 Å². The quantitative estimate of drug-likeness (QED) is 0.834. The first kappa shape index (κ1) is 12.8. The molecule has 98 valence electrons. The fourth-order valence-corrected chi connectivity index (χ4v) is 1.77. The minimum Gasteiger partial charge on any atom is -0.465 e. The van der Waals surface area contributed by atoms with E-state index in [2.05, 4.69) is 17.0 Å². The van der Waals surface area contributed by atoms with E-state index in [0.717, 1.165) is 6.54 Å². The number of carbonyl (C=O) groups is 1. The summed E-state index contributed by atoms with van der Waals surface area (Å²) in [6.07, 6.45) is 0. The van der Waals surface area contributed by atoms with Crippen molar-refractivity contribution in [2.24, 2.45) is 5.41 Å². The first-order valence-corrected chi connectivity index (χ1v) is 5.74. The van der Waals surface area contributed by atoms with Gasteiger partial charge in [0.15, 0.2) is 0 Å². The Hall–Kier alpha value is -1.62. The minimum absolute atomic E-state index is 0.0579.